The van der Waals surface area contributed by atoms with Gasteiger partial charge in [-0.3, -0.25) is 4.79 Å². The van der Waals surface area contributed by atoms with Gasteiger partial charge in [0.1, 0.15) is 11.6 Å². The number of nitrogens with one attached hydrogen (secondary N) is 1. The van der Waals surface area contributed by atoms with Crippen LogP contribution in [-0.4, -0.2) is 30.1 Å². The molecule has 2 heterocycles. The van der Waals surface area contributed by atoms with E-state index in [4.69, 9.17) is 14.2 Å². The quantitative estimate of drug-likeness (QED) is 0.322. The summed E-state index contributed by atoms with van der Waals surface area (Å²) in [4.78, 5) is 28.0. The summed E-state index contributed by atoms with van der Waals surface area (Å²) >= 11 is 3.41. The van der Waals surface area contributed by atoms with Crippen molar-refractivity contribution < 1.29 is 23.8 Å². The minimum Gasteiger partial charge on any atom is -0.462 e. The molecule has 7 nitrogen and oxygen atoms in total. The number of halogens is 1. The topological polar surface area (TPSA) is 101 Å². The molecule has 0 saturated heterocycles. The molecule has 0 bridgehead atoms. The Balaban J connectivity index is 2.00. The van der Waals surface area contributed by atoms with Gasteiger partial charge in [-0.15, -0.1) is 0 Å². The maximum absolute atomic E-state index is 12.9. The van der Waals surface area contributed by atoms with Gasteiger partial charge in [0, 0.05) is 10.2 Å². The molecule has 144 valence electrons. The van der Waals surface area contributed by atoms with Crippen LogP contribution in [0.5, 0.6) is 11.5 Å². The normalized spacial score (nSPS) is 12.6. The van der Waals surface area contributed by atoms with Crippen LogP contribution in [0, 0.1) is 25.2 Å². The molecule has 0 amide bonds. The highest BCUT2D eigenvalue weighted by atomic mass is 79.9. The number of aryl methyl sites for hydroxylation is 1. The van der Waals surface area contributed by atoms with E-state index >= 15 is 0 Å². The van der Waals surface area contributed by atoms with Gasteiger partial charge >= 0.3 is 5.97 Å². The number of ether oxygens (including phenoxy) is 3. The van der Waals surface area contributed by atoms with Gasteiger partial charge in [-0.2, -0.15) is 5.26 Å². The lowest BCUT2D eigenvalue weighted by Crippen LogP contribution is -2.08. The summed E-state index contributed by atoms with van der Waals surface area (Å²) in [5.74, 6) is 0.108. The fourth-order valence-electron chi connectivity index (χ4n) is 2.97. The number of aromatic nitrogens is 1. The number of allylic oxidation sites excluding steroid dienone is 1. The maximum atomic E-state index is 12.9. The van der Waals surface area contributed by atoms with Crippen molar-refractivity contribution in [1.82, 2.24) is 4.98 Å². The molecule has 0 unspecified atom stereocenters. The molecular weight excluding hydrogens is 428 g/mol. The number of nitrogens with zero attached hydrogens (tertiary/aromatic N) is 1. The molecule has 8 heteroatoms. The first-order chi connectivity index (χ1) is 13.4. The van der Waals surface area contributed by atoms with Gasteiger partial charge in [0.25, 0.3) is 0 Å². The average Bonchev–Trinajstić information content (AvgIpc) is 3.22. The van der Waals surface area contributed by atoms with Gasteiger partial charge < -0.3 is 19.2 Å². The molecule has 1 aliphatic heterocycles. The zero-order valence-electron chi connectivity index (χ0n) is 15.5. The van der Waals surface area contributed by atoms with Crippen LogP contribution in [-0.2, 0) is 4.74 Å². The molecule has 1 N–H and O–H groups in total. The highest BCUT2D eigenvalue weighted by Crippen LogP contribution is 2.38. The predicted molar refractivity (Wildman–Crippen MR) is 104 cm³/mol. The number of hydrogen-bond donors (Lipinski definition) is 1. The molecule has 1 aromatic carbocycles. The SMILES string of the molecule is CCOC(=O)c1c(C)[nH]c(C(=O)/C(C#N)=C/c2cc3c(cc2Br)OCO3)c1C. The number of hydrogen-bond acceptors (Lipinski definition) is 6. The van der Waals surface area contributed by atoms with Crippen LogP contribution in [0.15, 0.2) is 22.2 Å². The molecule has 0 atom stereocenters. The van der Waals surface area contributed by atoms with E-state index in [1.807, 2.05) is 6.07 Å². The van der Waals surface area contributed by atoms with Crippen LogP contribution in [0.2, 0.25) is 0 Å². The Morgan fingerprint density at radius 3 is 2.64 bits per heavy atom. The van der Waals surface area contributed by atoms with Gasteiger partial charge in [-0.25, -0.2) is 4.79 Å². The second-order valence-corrected chi connectivity index (χ2v) is 6.93. The summed E-state index contributed by atoms with van der Waals surface area (Å²) in [6, 6.07) is 5.34. The lowest BCUT2D eigenvalue weighted by atomic mass is 10.0. The summed E-state index contributed by atoms with van der Waals surface area (Å²) in [5, 5.41) is 9.55. The fraction of sp³-hybridized carbons (Fsp3) is 0.250. The first-order valence-corrected chi connectivity index (χ1v) is 9.28. The average molecular weight is 445 g/mol. The number of ketones is 1. The Hall–Kier alpha value is -3.05. The number of rotatable bonds is 5. The Morgan fingerprint density at radius 1 is 1.32 bits per heavy atom. The Kier molecular flexibility index (Phi) is 5.56. The highest BCUT2D eigenvalue weighted by molar-refractivity contribution is 9.10. The molecule has 0 aliphatic carbocycles. The van der Waals surface area contributed by atoms with Crippen molar-refractivity contribution in [1.29, 1.82) is 5.26 Å². The smallest absolute Gasteiger partial charge is 0.340 e. The van der Waals surface area contributed by atoms with Crippen molar-refractivity contribution >= 4 is 33.8 Å². The minimum atomic E-state index is -0.511. The van der Waals surface area contributed by atoms with Crippen molar-refractivity contribution in [2.24, 2.45) is 0 Å². The van der Waals surface area contributed by atoms with Crippen molar-refractivity contribution in [2.75, 3.05) is 13.4 Å². The first kappa shape index (κ1) is 19.7. The van der Waals surface area contributed by atoms with Gasteiger partial charge in [-0.05, 0) is 50.1 Å². The maximum Gasteiger partial charge on any atom is 0.340 e. The molecule has 0 spiro atoms. The van der Waals surface area contributed by atoms with E-state index in [1.54, 1.807) is 32.9 Å². The van der Waals surface area contributed by atoms with E-state index in [2.05, 4.69) is 20.9 Å². The second-order valence-electron chi connectivity index (χ2n) is 6.07. The van der Waals surface area contributed by atoms with E-state index in [0.717, 1.165) is 0 Å². The third-order valence-corrected chi connectivity index (χ3v) is 4.99. The van der Waals surface area contributed by atoms with E-state index in [9.17, 15) is 14.9 Å². The number of Topliss-reactive ketones (excluding diaryl/α,β-unsaturated/α-hetero) is 1. The second kappa shape index (κ2) is 7.90. The summed E-state index contributed by atoms with van der Waals surface area (Å²) < 4.78 is 16.3. The summed E-state index contributed by atoms with van der Waals surface area (Å²) in [5.41, 5.74) is 1.98. The standard InChI is InChI=1S/C20H17BrN2O5/c1-4-26-20(25)17-10(2)18(23-11(17)3)19(24)13(8-22)5-12-6-15-16(7-14(12)21)28-9-27-15/h5-7,23H,4,9H2,1-3H3/b13-5+. The van der Waals surface area contributed by atoms with Crippen LogP contribution in [0.25, 0.3) is 6.08 Å². The van der Waals surface area contributed by atoms with Gasteiger partial charge in [0.2, 0.25) is 12.6 Å². The van der Waals surface area contributed by atoms with Crippen LogP contribution in [0.3, 0.4) is 0 Å². The number of H-pyrrole nitrogens is 1. The lowest BCUT2D eigenvalue weighted by Gasteiger charge is -2.04. The van der Waals surface area contributed by atoms with Crippen molar-refractivity contribution in [3.8, 4) is 17.6 Å². The van der Waals surface area contributed by atoms with Crippen LogP contribution < -0.4 is 9.47 Å². The highest BCUT2D eigenvalue weighted by Gasteiger charge is 2.25. The fourth-order valence-corrected chi connectivity index (χ4v) is 3.41. The summed E-state index contributed by atoms with van der Waals surface area (Å²) in [6.07, 6.45) is 1.47. The largest absolute Gasteiger partial charge is 0.462 e. The number of fused-ring (bicyclic) bond motifs is 1. The molecule has 1 aliphatic rings. The number of aromatic amines is 1. The molecule has 0 fully saturated rings. The molecular formula is C20H17BrN2O5. The minimum absolute atomic E-state index is 0.0840. The zero-order chi connectivity index (χ0) is 20.4. The van der Waals surface area contributed by atoms with Crippen LogP contribution in [0.4, 0.5) is 0 Å². The summed E-state index contributed by atoms with van der Waals surface area (Å²) in [6.45, 7) is 5.39. The predicted octanol–water partition coefficient (Wildman–Crippen LogP) is 4.09. The van der Waals surface area contributed by atoms with E-state index in [-0.39, 0.29) is 24.7 Å². The third kappa shape index (κ3) is 3.53. The molecule has 2 aromatic rings. The summed E-state index contributed by atoms with van der Waals surface area (Å²) in [7, 11) is 0. The first-order valence-electron chi connectivity index (χ1n) is 8.49. The molecule has 0 saturated carbocycles. The van der Waals surface area contributed by atoms with Crippen molar-refractivity contribution in [3.05, 3.63) is 50.3 Å². The van der Waals surface area contributed by atoms with Crippen molar-refractivity contribution in [3.63, 3.8) is 0 Å². The Bertz CT molecular complexity index is 1050. The van der Waals surface area contributed by atoms with Crippen LogP contribution >= 0.6 is 15.9 Å². The Labute approximate surface area is 170 Å². The molecule has 3 rings (SSSR count). The van der Waals surface area contributed by atoms with E-state index in [0.29, 0.717) is 38.4 Å². The van der Waals surface area contributed by atoms with E-state index in [1.165, 1.54) is 6.08 Å². The third-order valence-electron chi connectivity index (χ3n) is 4.30. The molecule has 0 radical (unpaired) electrons. The van der Waals surface area contributed by atoms with Gasteiger partial charge in [-0.1, -0.05) is 15.9 Å². The number of carbonyl (C=O) groups is 2. The number of benzene rings is 1. The van der Waals surface area contributed by atoms with Gasteiger partial charge in [0.15, 0.2) is 11.5 Å². The number of carbonyl (C=O) groups excluding carboxylic acids is 2. The van der Waals surface area contributed by atoms with Crippen LogP contribution in [0.1, 0.15) is 44.6 Å². The number of esters is 1. The lowest BCUT2D eigenvalue weighted by molar-refractivity contribution is 0.0525. The molecule has 1 aromatic heterocycles. The number of nitriles is 1. The Morgan fingerprint density at radius 2 is 2.00 bits per heavy atom. The molecule has 28 heavy (non-hydrogen) atoms. The van der Waals surface area contributed by atoms with Crippen molar-refractivity contribution in [2.45, 2.75) is 20.8 Å². The monoisotopic (exact) mass is 444 g/mol. The van der Waals surface area contributed by atoms with Gasteiger partial charge in [0.05, 0.1) is 17.9 Å². The zero-order valence-corrected chi connectivity index (χ0v) is 17.1. The van der Waals surface area contributed by atoms with E-state index < -0.39 is 11.8 Å².